The zero-order chi connectivity index (χ0) is 12.3. The monoisotopic (exact) mass is 293 g/mol. The molecule has 1 aliphatic heterocycles. The van der Waals surface area contributed by atoms with Gasteiger partial charge in [0.15, 0.2) is 5.78 Å². The van der Waals surface area contributed by atoms with Crippen molar-refractivity contribution in [2.75, 3.05) is 0 Å². The minimum absolute atomic E-state index is 0.00129. The number of hydrogen-bond donors (Lipinski definition) is 1. The second-order valence-electron chi connectivity index (χ2n) is 3.95. The molecule has 1 heterocycles. The molecule has 17 heavy (non-hydrogen) atoms. The van der Waals surface area contributed by atoms with Gasteiger partial charge in [0.2, 0.25) is 5.91 Å². The van der Waals surface area contributed by atoms with E-state index in [1.165, 1.54) is 6.08 Å². The van der Waals surface area contributed by atoms with Crippen LogP contribution in [-0.2, 0) is 4.79 Å². The summed E-state index contributed by atoms with van der Waals surface area (Å²) in [6.07, 6.45) is 4.59. The second kappa shape index (κ2) is 5.27. The normalized spacial score (nSPS) is 19.6. The number of nitrogens with one attached hydrogen (secondary N) is 1. The zero-order valence-electron chi connectivity index (χ0n) is 9.15. The Morgan fingerprint density at radius 3 is 2.94 bits per heavy atom. The van der Waals surface area contributed by atoms with Gasteiger partial charge in [-0.3, -0.25) is 9.59 Å². The van der Waals surface area contributed by atoms with Crippen molar-refractivity contribution >= 4 is 27.6 Å². The van der Waals surface area contributed by atoms with E-state index in [2.05, 4.69) is 21.2 Å². The minimum Gasteiger partial charge on any atom is -0.350 e. The first-order valence-corrected chi connectivity index (χ1v) is 6.22. The number of rotatable bonds is 3. The molecule has 1 aromatic carbocycles. The van der Waals surface area contributed by atoms with E-state index < -0.39 is 0 Å². The maximum atomic E-state index is 11.8. The summed E-state index contributed by atoms with van der Waals surface area (Å²) in [6.45, 7) is 0. The molecular weight excluding hydrogens is 282 g/mol. The number of carbonyl (C=O) groups excluding carboxylic acids is 2. The van der Waals surface area contributed by atoms with E-state index >= 15 is 0 Å². The third-order valence-corrected chi connectivity index (χ3v) is 3.11. The van der Waals surface area contributed by atoms with Gasteiger partial charge >= 0.3 is 0 Å². The third-order valence-electron chi connectivity index (χ3n) is 2.62. The van der Waals surface area contributed by atoms with Crippen molar-refractivity contribution in [2.45, 2.75) is 18.9 Å². The molecule has 3 nitrogen and oxygen atoms in total. The largest absolute Gasteiger partial charge is 0.350 e. The minimum atomic E-state index is -0.0487. The van der Waals surface area contributed by atoms with Crippen molar-refractivity contribution in [1.29, 1.82) is 0 Å². The predicted octanol–water partition coefficient (Wildman–Crippen LogP) is 2.47. The molecule has 0 bridgehead atoms. The van der Waals surface area contributed by atoms with Crippen LogP contribution in [0.3, 0.4) is 0 Å². The van der Waals surface area contributed by atoms with Gasteiger partial charge in [-0.1, -0.05) is 34.1 Å². The smallest absolute Gasteiger partial charge is 0.220 e. The molecule has 0 saturated carbocycles. The fourth-order valence-electron chi connectivity index (χ4n) is 1.72. The number of allylic oxidation sites excluding steroid dienone is 1. The summed E-state index contributed by atoms with van der Waals surface area (Å²) in [5, 5.41) is 2.78. The Kier molecular flexibility index (Phi) is 3.74. The number of hydrogen-bond acceptors (Lipinski definition) is 2. The van der Waals surface area contributed by atoms with Crippen LogP contribution < -0.4 is 5.32 Å². The molecule has 1 N–H and O–H groups in total. The number of ketones is 1. The van der Waals surface area contributed by atoms with E-state index in [-0.39, 0.29) is 17.7 Å². The highest BCUT2D eigenvalue weighted by Crippen LogP contribution is 2.13. The van der Waals surface area contributed by atoms with Gasteiger partial charge in [0, 0.05) is 22.5 Å². The molecular formula is C13H12BrNO2. The van der Waals surface area contributed by atoms with Gasteiger partial charge in [-0.05, 0) is 24.6 Å². The first-order chi connectivity index (χ1) is 8.15. The Labute approximate surface area is 108 Å². The standard InChI is InChI=1S/C13H12BrNO2/c14-10-3-1-2-9(8-10)12(16)6-4-11-5-7-13(17)15-11/h1-4,6,8,11H,5,7H2,(H,15,17)/b6-4+/t11-/m0/s1. The molecule has 1 amide bonds. The lowest BCUT2D eigenvalue weighted by atomic mass is 10.1. The zero-order valence-corrected chi connectivity index (χ0v) is 10.7. The molecule has 1 saturated heterocycles. The Bertz CT molecular complexity index is 482. The maximum absolute atomic E-state index is 11.8. The Morgan fingerprint density at radius 1 is 1.47 bits per heavy atom. The molecule has 2 rings (SSSR count). The first kappa shape index (κ1) is 12.0. The van der Waals surface area contributed by atoms with Crippen LogP contribution in [0.25, 0.3) is 0 Å². The van der Waals surface area contributed by atoms with Gasteiger partial charge in [0.25, 0.3) is 0 Å². The number of amides is 1. The second-order valence-corrected chi connectivity index (χ2v) is 4.86. The molecule has 1 atom stereocenters. The van der Waals surface area contributed by atoms with E-state index in [1.54, 1.807) is 18.2 Å². The van der Waals surface area contributed by atoms with Crippen molar-refractivity contribution < 1.29 is 9.59 Å². The molecule has 0 aromatic heterocycles. The molecule has 4 heteroatoms. The molecule has 0 unspecified atom stereocenters. The van der Waals surface area contributed by atoms with Crippen LogP contribution >= 0.6 is 15.9 Å². The fourth-order valence-corrected chi connectivity index (χ4v) is 2.12. The van der Waals surface area contributed by atoms with Crippen LogP contribution in [0.1, 0.15) is 23.2 Å². The predicted molar refractivity (Wildman–Crippen MR) is 68.8 cm³/mol. The van der Waals surface area contributed by atoms with E-state index in [1.807, 2.05) is 12.1 Å². The van der Waals surface area contributed by atoms with Crippen molar-refractivity contribution in [3.05, 3.63) is 46.5 Å². The van der Waals surface area contributed by atoms with Crippen molar-refractivity contribution in [2.24, 2.45) is 0 Å². The highest BCUT2D eigenvalue weighted by Gasteiger charge is 2.18. The summed E-state index contributed by atoms with van der Waals surface area (Å²) in [6, 6.07) is 7.24. The molecule has 0 radical (unpaired) electrons. The van der Waals surface area contributed by atoms with Gasteiger partial charge in [0.1, 0.15) is 0 Å². The summed E-state index contributed by atoms with van der Waals surface area (Å²) < 4.78 is 0.880. The molecule has 0 aliphatic carbocycles. The van der Waals surface area contributed by atoms with Crippen LogP contribution in [0.5, 0.6) is 0 Å². The van der Waals surface area contributed by atoms with Gasteiger partial charge in [-0.2, -0.15) is 0 Å². The molecule has 1 aliphatic rings. The summed E-state index contributed by atoms with van der Waals surface area (Å²) >= 11 is 3.32. The van der Waals surface area contributed by atoms with Crippen LogP contribution in [0.2, 0.25) is 0 Å². The highest BCUT2D eigenvalue weighted by atomic mass is 79.9. The summed E-state index contributed by atoms with van der Waals surface area (Å²) in [5.74, 6) is 0.00186. The van der Waals surface area contributed by atoms with E-state index in [4.69, 9.17) is 0 Å². The summed E-state index contributed by atoms with van der Waals surface area (Å²) in [4.78, 5) is 22.8. The number of halogens is 1. The van der Waals surface area contributed by atoms with Crippen molar-refractivity contribution in [1.82, 2.24) is 5.32 Å². The Balaban J connectivity index is 2.01. The number of benzene rings is 1. The molecule has 88 valence electrons. The number of carbonyl (C=O) groups is 2. The highest BCUT2D eigenvalue weighted by molar-refractivity contribution is 9.10. The molecule has 0 spiro atoms. The van der Waals surface area contributed by atoms with Gasteiger partial charge in [-0.25, -0.2) is 0 Å². The molecule has 1 fully saturated rings. The fraction of sp³-hybridized carbons (Fsp3) is 0.231. The van der Waals surface area contributed by atoms with Crippen LogP contribution in [-0.4, -0.2) is 17.7 Å². The van der Waals surface area contributed by atoms with Gasteiger partial charge in [0.05, 0.1) is 0 Å². The lowest BCUT2D eigenvalue weighted by molar-refractivity contribution is -0.119. The van der Waals surface area contributed by atoms with E-state index in [9.17, 15) is 9.59 Å². The topological polar surface area (TPSA) is 46.2 Å². The summed E-state index contributed by atoms with van der Waals surface area (Å²) in [5.41, 5.74) is 0.639. The molecule has 1 aromatic rings. The average molecular weight is 294 g/mol. The van der Waals surface area contributed by atoms with E-state index in [0.29, 0.717) is 12.0 Å². The van der Waals surface area contributed by atoms with Crippen molar-refractivity contribution in [3.8, 4) is 0 Å². The first-order valence-electron chi connectivity index (χ1n) is 5.42. The Hall–Kier alpha value is -1.42. The maximum Gasteiger partial charge on any atom is 0.220 e. The lowest BCUT2D eigenvalue weighted by Crippen LogP contribution is -2.23. The van der Waals surface area contributed by atoms with Crippen LogP contribution in [0.4, 0.5) is 0 Å². The summed E-state index contributed by atoms with van der Waals surface area (Å²) in [7, 11) is 0. The van der Waals surface area contributed by atoms with Gasteiger partial charge < -0.3 is 5.32 Å². The van der Waals surface area contributed by atoms with E-state index in [0.717, 1.165) is 10.9 Å². The lowest BCUT2D eigenvalue weighted by Gasteiger charge is -2.02. The third kappa shape index (κ3) is 3.27. The SMILES string of the molecule is O=C1CC[C@H](/C=C/C(=O)c2cccc(Br)c2)N1. The van der Waals surface area contributed by atoms with Gasteiger partial charge in [-0.15, -0.1) is 0 Å². The Morgan fingerprint density at radius 2 is 2.29 bits per heavy atom. The van der Waals surface area contributed by atoms with Crippen LogP contribution in [0.15, 0.2) is 40.9 Å². The van der Waals surface area contributed by atoms with Crippen molar-refractivity contribution in [3.63, 3.8) is 0 Å². The van der Waals surface area contributed by atoms with Crippen LogP contribution in [0, 0.1) is 0 Å². The average Bonchev–Trinajstić information content (AvgIpc) is 2.72. The quantitative estimate of drug-likeness (QED) is 0.687.